The number of benzene rings is 1. The molecule has 4 nitrogen and oxygen atoms in total. The molecule has 1 aliphatic heterocycles. The van der Waals surface area contributed by atoms with Crippen LogP contribution in [0.5, 0.6) is 0 Å². The fourth-order valence-corrected chi connectivity index (χ4v) is 2.57. The first kappa shape index (κ1) is 12.1. The lowest BCUT2D eigenvalue weighted by molar-refractivity contribution is 0.0573. The summed E-state index contributed by atoms with van der Waals surface area (Å²) in [5.74, 6) is -0.0311. The van der Waals surface area contributed by atoms with Gasteiger partial charge in [-0.05, 0) is 25.5 Å². The summed E-state index contributed by atoms with van der Waals surface area (Å²) in [4.78, 5) is 18.5. The first-order valence-electron chi connectivity index (χ1n) is 6.42. The van der Waals surface area contributed by atoms with Crippen molar-refractivity contribution in [3.8, 4) is 0 Å². The second kappa shape index (κ2) is 4.31. The molecule has 2 heterocycles. The molecule has 0 aliphatic carbocycles. The zero-order chi connectivity index (χ0) is 13.5. The Bertz CT molecular complexity index is 632. The maximum absolute atomic E-state index is 12.5. The fraction of sp³-hybridized carbons (Fsp3) is 0.333. The molecule has 0 bridgehead atoms. The Morgan fingerprint density at radius 1 is 1.37 bits per heavy atom. The van der Waals surface area contributed by atoms with Gasteiger partial charge in [-0.3, -0.25) is 9.78 Å². The van der Waals surface area contributed by atoms with E-state index in [4.69, 9.17) is 0 Å². The third-order valence-electron chi connectivity index (χ3n) is 3.62. The minimum absolute atomic E-state index is 0.0311. The van der Waals surface area contributed by atoms with Crippen LogP contribution in [0.4, 0.5) is 0 Å². The lowest BCUT2D eigenvalue weighted by Crippen LogP contribution is -2.34. The van der Waals surface area contributed by atoms with Gasteiger partial charge < -0.3 is 10.0 Å². The highest BCUT2D eigenvalue weighted by Crippen LogP contribution is 2.24. The summed E-state index contributed by atoms with van der Waals surface area (Å²) in [6, 6.07) is 9.36. The number of amides is 1. The lowest BCUT2D eigenvalue weighted by atomic mass is 10.1. The van der Waals surface area contributed by atoms with Gasteiger partial charge in [0.1, 0.15) is 0 Å². The highest BCUT2D eigenvalue weighted by Gasteiger charge is 2.34. The molecule has 0 spiro atoms. The Morgan fingerprint density at radius 3 is 2.89 bits per heavy atom. The SMILES string of the molecule is C[C@@]1(O)CCN(C(=O)c2ccnc3ccccc23)C1. The molecule has 0 unspecified atom stereocenters. The number of carbonyl (C=O) groups excluding carboxylic acids is 1. The minimum atomic E-state index is -0.765. The second-order valence-electron chi connectivity index (χ2n) is 5.35. The van der Waals surface area contributed by atoms with E-state index in [0.717, 1.165) is 10.9 Å². The molecule has 19 heavy (non-hydrogen) atoms. The summed E-state index contributed by atoms with van der Waals surface area (Å²) in [7, 11) is 0. The quantitative estimate of drug-likeness (QED) is 0.847. The van der Waals surface area contributed by atoms with E-state index >= 15 is 0 Å². The number of nitrogens with zero attached hydrogens (tertiary/aromatic N) is 2. The number of para-hydroxylation sites is 1. The van der Waals surface area contributed by atoms with E-state index in [-0.39, 0.29) is 5.91 Å². The number of β-amino-alcohol motifs (C(OH)–C–C–N with tert-alkyl or cyclic N) is 1. The summed E-state index contributed by atoms with van der Waals surface area (Å²) >= 11 is 0. The molecular weight excluding hydrogens is 240 g/mol. The van der Waals surface area contributed by atoms with Crippen LogP contribution in [0.3, 0.4) is 0 Å². The third kappa shape index (κ3) is 2.19. The van der Waals surface area contributed by atoms with Crippen LogP contribution in [-0.2, 0) is 0 Å². The van der Waals surface area contributed by atoms with E-state index in [9.17, 15) is 9.90 Å². The van der Waals surface area contributed by atoms with E-state index in [1.54, 1.807) is 24.1 Å². The molecule has 98 valence electrons. The smallest absolute Gasteiger partial charge is 0.254 e. The van der Waals surface area contributed by atoms with Crippen LogP contribution < -0.4 is 0 Å². The molecule has 1 amide bonds. The minimum Gasteiger partial charge on any atom is -0.388 e. The third-order valence-corrected chi connectivity index (χ3v) is 3.62. The molecule has 3 rings (SSSR count). The zero-order valence-electron chi connectivity index (χ0n) is 10.8. The molecule has 1 aromatic carbocycles. The van der Waals surface area contributed by atoms with Crippen LogP contribution in [0.15, 0.2) is 36.5 Å². The molecule has 0 saturated carbocycles. The van der Waals surface area contributed by atoms with E-state index < -0.39 is 5.60 Å². The summed E-state index contributed by atoms with van der Waals surface area (Å²) in [6.45, 7) is 2.76. The van der Waals surface area contributed by atoms with Gasteiger partial charge in [0, 0.05) is 24.7 Å². The van der Waals surface area contributed by atoms with Crippen molar-refractivity contribution in [1.29, 1.82) is 0 Å². The maximum Gasteiger partial charge on any atom is 0.254 e. The standard InChI is InChI=1S/C15H16N2O2/c1-15(19)7-9-17(10-15)14(18)12-6-8-16-13-5-3-2-4-11(12)13/h2-6,8,19H,7,9-10H2,1H3/t15-/m1/s1. The molecule has 1 aromatic heterocycles. The summed E-state index contributed by atoms with van der Waals surface area (Å²) in [5, 5.41) is 10.8. The van der Waals surface area contributed by atoms with Gasteiger partial charge in [0.25, 0.3) is 5.91 Å². The van der Waals surface area contributed by atoms with Gasteiger partial charge >= 0.3 is 0 Å². The number of hydrogen-bond donors (Lipinski definition) is 1. The van der Waals surface area contributed by atoms with E-state index in [1.165, 1.54) is 0 Å². The van der Waals surface area contributed by atoms with E-state index in [2.05, 4.69) is 4.98 Å². The number of aromatic nitrogens is 1. The normalized spacial score (nSPS) is 22.9. The fourth-order valence-electron chi connectivity index (χ4n) is 2.57. The number of fused-ring (bicyclic) bond motifs is 1. The average Bonchev–Trinajstić information content (AvgIpc) is 2.78. The number of pyridine rings is 1. The Hall–Kier alpha value is -1.94. The molecule has 1 atom stereocenters. The molecule has 1 aliphatic rings. The van der Waals surface area contributed by atoms with Crippen molar-refractivity contribution in [3.05, 3.63) is 42.1 Å². The van der Waals surface area contributed by atoms with Crippen molar-refractivity contribution < 1.29 is 9.90 Å². The van der Waals surface area contributed by atoms with Crippen molar-refractivity contribution in [1.82, 2.24) is 9.88 Å². The Labute approximate surface area is 111 Å². The van der Waals surface area contributed by atoms with Crippen molar-refractivity contribution in [2.45, 2.75) is 18.9 Å². The topological polar surface area (TPSA) is 53.4 Å². The highest BCUT2D eigenvalue weighted by molar-refractivity contribution is 6.06. The lowest BCUT2D eigenvalue weighted by Gasteiger charge is -2.19. The Kier molecular flexibility index (Phi) is 2.75. The molecule has 2 aromatic rings. The average molecular weight is 256 g/mol. The van der Waals surface area contributed by atoms with E-state index in [0.29, 0.717) is 25.1 Å². The van der Waals surface area contributed by atoms with Gasteiger partial charge in [-0.25, -0.2) is 0 Å². The molecular formula is C15H16N2O2. The number of rotatable bonds is 1. The first-order chi connectivity index (χ1) is 9.07. The van der Waals surface area contributed by atoms with Crippen LogP contribution in [0.2, 0.25) is 0 Å². The first-order valence-corrected chi connectivity index (χ1v) is 6.42. The van der Waals surface area contributed by atoms with Gasteiger partial charge in [0.2, 0.25) is 0 Å². The summed E-state index contributed by atoms with van der Waals surface area (Å²) in [6.07, 6.45) is 2.28. The van der Waals surface area contributed by atoms with E-state index in [1.807, 2.05) is 24.3 Å². The van der Waals surface area contributed by atoms with Crippen molar-refractivity contribution in [2.75, 3.05) is 13.1 Å². The van der Waals surface area contributed by atoms with Gasteiger partial charge in [-0.2, -0.15) is 0 Å². The van der Waals surface area contributed by atoms with Crippen LogP contribution in [0, 0.1) is 0 Å². The Balaban J connectivity index is 1.99. The molecule has 1 fully saturated rings. The Morgan fingerprint density at radius 2 is 2.16 bits per heavy atom. The van der Waals surface area contributed by atoms with Crippen LogP contribution >= 0.6 is 0 Å². The number of likely N-dealkylation sites (tertiary alicyclic amines) is 1. The summed E-state index contributed by atoms with van der Waals surface area (Å²) in [5.41, 5.74) is 0.709. The molecule has 1 saturated heterocycles. The molecule has 0 radical (unpaired) electrons. The van der Waals surface area contributed by atoms with Gasteiger partial charge in [0.05, 0.1) is 16.7 Å². The van der Waals surface area contributed by atoms with Crippen LogP contribution in [0.1, 0.15) is 23.7 Å². The molecule has 1 N–H and O–H groups in total. The monoisotopic (exact) mass is 256 g/mol. The van der Waals surface area contributed by atoms with Gasteiger partial charge in [0.15, 0.2) is 0 Å². The molecule has 4 heteroatoms. The largest absolute Gasteiger partial charge is 0.388 e. The van der Waals surface area contributed by atoms with Crippen molar-refractivity contribution in [2.24, 2.45) is 0 Å². The van der Waals surface area contributed by atoms with Crippen LogP contribution in [-0.4, -0.2) is 39.6 Å². The second-order valence-corrected chi connectivity index (χ2v) is 5.35. The number of carbonyl (C=O) groups is 1. The number of hydrogen-bond acceptors (Lipinski definition) is 3. The van der Waals surface area contributed by atoms with Gasteiger partial charge in [-0.1, -0.05) is 18.2 Å². The highest BCUT2D eigenvalue weighted by atomic mass is 16.3. The van der Waals surface area contributed by atoms with Crippen molar-refractivity contribution >= 4 is 16.8 Å². The van der Waals surface area contributed by atoms with Crippen molar-refractivity contribution in [3.63, 3.8) is 0 Å². The zero-order valence-corrected chi connectivity index (χ0v) is 10.8. The predicted octanol–water partition coefficient (Wildman–Crippen LogP) is 1.83. The predicted molar refractivity (Wildman–Crippen MR) is 72.9 cm³/mol. The maximum atomic E-state index is 12.5. The summed E-state index contributed by atoms with van der Waals surface area (Å²) < 4.78 is 0. The van der Waals surface area contributed by atoms with Gasteiger partial charge in [-0.15, -0.1) is 0 Å². The number of aliphatic hydroxyl groups is 1. The van der Waals surface area contributed by atoms with Crippen LogP contribution in [0.25, 0.3) is 10.9 Å².